The molecule has 1 aromatic carbocycles. The van der Waals surface area contributed by atoms with Crippen molar-refractivity contribution in [2.45, 2.75) is 43.6 Å². The van der Waals surface area contributed by atoms with Gasteiger partial charge in [-0.15, -0.1) is 4.72 Å². The molecule has 0 radical (unpaired) electrons. The van der Waals surface area contributed by atoms with Crippen LogP contribution in [0.4, 0.5) is 4.79 Å². The highest BCUT2D eigenvalue weighted by atomic mass is 32.2. The summed E-state index contributed by atoms with van der Waals surface area (Å²) < 4.78 is 19.9. The van der Waals surface area contributed by atoms with E-state index in [2.05, 4.69) is 4.72 Å². The summed E-state index contributed by atoms with van der Waals surface area (Å²) in [7, 11) is 3.55. The van der Waals surface area contributed by atoms with E-state index in [1.807, 2.05) is 37.4 Å². The first-order chi connectivity index (χ1) is 11.0. The van der Waals surface area contributed by atoms with Crippen molar-refractivity contribution in [1.82, 2.24) is 9.62 Å². The van der Waals surface area contributed by atoms with Crippen LogP contribution in [0.25, 0.3) is 0 Å². The molecule has 0 bridgehead atoms. The number of nitrogens with one attached hydrogen (secondary N) is 1. The molecule has 1 atom stereocenters. The predicted octanol–water partition coefficient (Wildman–Crippen LogP) is 2.45. The minimum Gasteiger partial charge on any atom is -0.598 e. The number of amides is 1. The Balaban J connectivity index is 1.40. The lowest BCUT2D eigenvalue weighted by atomic mass is 9.53. The van der Waals surface area contributed by atoms with Crippen LogP contribution in [0.1, 0.15) is 31.2 Å². The zero-order valence-corrected chi connectivity index (χ0v) is 14.5. The van der Waals surface area contributed by atoms with Crippen LogP contribution >= 0.6 is 0 Å². The third-order valence-electron chi connectivity index (χ3n) is 5.20. The molecule has 0 aromatic heterocycles. The van der Waals surface area contributed by atoms with Crippen LogP contribution in [-0.2, 0) is 22.7 Å². The molecule has 126 valence electrons. The normalized spacial score (nSPS) is 30.2. The van der Waals surface area contributed by atoms with Crippen molar-refractivity contribution in [3.05, 3.63) is 35.9 Å². The lowest BCUT2D eigenvalue weighted by Gasteiger charge is -2.58. The molecule has 2 aliphatic rings. The molecule has 2 saturated carbocycles. The SMILES string of the molecule is CN[S+]([O-])C1CC2(CC(N(C)C(=O)OCc3ccccc3)C2)C1. The molecule has 1 unspecified atom stereocenters. The number of hydrogen-bond acceptors (Lipinski definition) is 4. The summed E-state index contributed by atoms with van der Waals surface area (Å²) in [4.78, 5) is 13.9. The average Bonchev–Trinajstić information content (AvgIpc) is 2.50. The standard InChI is InChI=1S/C17H24N2O3S/c1-18-23(21)15-10-17(11-15)8-14(9-17)19(2)16(20)22-12-13-6-4-3-5-7-13/h3-7,14-15,18H,8-12H2,1-2H3. The number of carbonyl (C=O) groups excluding carboxylic acids is 1. The summed E-state index contributed by atoms with van der Waals surface area (Å²) >= 11 is -0.909. The maximum absolute atomic E-state index is 12.1. The highest BCUT2D eigenvalue weighted by Gasteiger charge is 2.58. The van der Waals surface area contributed by atoms with Crippen LogP contribution in [0.2, 0.25) is 0 Å². The van der Waals surface area contributed by atoms with Gasteiger partial charge in [-0.25, -0.2) is 4.79 Å². The molecule has 5 nitrogen and oxygen atoms in total. The van der Waals surface area contributed by atoms with E-state index >= 15 is 0 Å². The summed E-state index contributed by atoms with van der Waals surface area (Å²) in [5, 5.41) is 0.274. The van der Waals surface area contributed by atoms with Crippen LogP contribution in [0.5, 0.6) is 0 Å². The largest absolute Gasteiger partial charge is 0.598 e. The van der Waals surface area contributed by atoms with Crippen molar-refractivity contribution in [2.24, 2.45) is 5.41 Å². The molecule has 1 spiro atoms. The number of rotatable bonds is 5. The fraction of sp³-hybridized carbons (Fsp3) is 0.588. The Bertz CT molecular complexity index is 540. The van der Waals surface area contributed by atoms with Gasteiger partial charge in [-0.3, -0.25) is 0 Å². The van der Waals surface area contributed by atoms with Gasteiger partial charge in [0.15, 0.2) is 0 Å². The van der Waals surface area contributed by atoms with Crippen molar-refractivity contribution >= 4 is 17.5 Å². The van der Waals surface area contributed by atoms with Crippen LogP contribution in [0.3, 0.4) is 0 Å². The van der Waals surface area contributed by atoms with E-state index in [0.29, 0.717) is 12.0 Å². The van der Waals surface area contributed by atoms with Gasteiger partial charge in [0.25, 0.3) is 0 Å². The van der Waals surface area contributed by atoms with Gasteiger partial charge in [0.05, 0.1) is 0 Å². The molecule has 23 heavy (non-hydrogen) atoms. The van der Waals surface area contributed by atoms with Gasteiger partial charge in [-0.1, -0.05) is 30.3 Å². The highest BCUT2D eigenvalue weighted by Crippen LogP contribution is 2.58. The molecule has 1 N–H and O–H groups in total. The van der Waals surface area contributed by atoms with Crippen molar-refractivity contribution in [3.8, 4) is 0 Å². The summed E-state index contributed by atoms with van der Waals surface area (Å²) in [6.45, 7) is 0.311. The van der Waals surface area contributed by atoms with Crippen LogP contribution in [0.15, 0.2) is 30.3 Å². The highest BCUT2D eigenvalue weighted by molar-refractivity contribution is 7.90. The fourth-order valence-electron chi connectivity index (χ4n) is 3.74. The third-order valence-corrected chi connectivity index (χ3v) is 6.54. The minimum atomic E-state index is -0.909. The second kappa shape index (κ2) is 6.71. The van der Waals surface area contributed by atoms with Gasteiger partial charge in [0, 0.05) is 44.3 Å². The third kappa shape index (κ3) is 3.49. The summed E-state index contributed by atoms with van der Waals surface area (Å²) in [5.41, 5.74) is 1.31. The van der Waals surface area contributed by atoms with E-state index in [-0.39, 0.29) is 17.4 Å². The van der Waals surface area contributed by atoms with Gasteiger partial charge >= 0.3 is 6.09 Å². The Morgan fingerprint density at radius 1 is 1.35 bits per heavy atom. The van der Waals surface area contributed by atoms with E-state index in [1.165, 1.54) is 0 Å². The Hall–Kier alpha value is -1.24. The Morgan fingerprint density at radius 2 is 2.00 bits per heavy atom. The Morgan fingerprint density at radius 3 is 2.61 bits per heavy atom. The Labute approximate surface area is 140 Å². The molecule has 0 saturated heterocycles. The molecule has 1 aromatic rings. The average molecular weight is 336 g/mol. The van der Waals surface area contributed by atoms with E-state index in [4.69, 9.17) is 4.74 Å². The van der Waals surface area contributed by atoms with Crippen LogP contribution in [0, 0.1) is 5.41 Å². The van der Waals surface area contributed by atoms with Crippen LogP contribution < -0.4 is 4.72 Å². The minimum absolute atomic E-state index is 0.252. The first-order valence-electron chi connectivity index (χ1n) is 8.04. The number of benzene rings is 1. The smallest absolute Gasteiger partial charge is 0.410 e. The topological polar surface area (TPSA) is 64.6 Å². The summed E-state index contributed by atoms with van der Waals surface area (Å²) in [6.07, 6.45) is 3.75. The molecule has 6 heteroatoms. The second-order valence-corrected chi connectivity index (χ2v) is 8.41. The molecule has 0 aliphatic heterocycles. The first-order valence-corrected chi connectivity index (χ1v) is 9.26. The van der Waals surface area contributed by atoms with Gasteiger partial charge < -0.3 is 14.2 Å². The van der Waals surface area contributed by atoms with Crippen molar-refractivity contribution in [3.63, 3.8) is 0 Å². The van der Waals surface area contributed by atoms with Crippen molar-refractivity contribution in [2.75, 3.05) is 14.1 Å². The lowest BCUT2D eigenvalue weighted by molar-refractivity contribution is -0.0420. The summed E-state index contributed by atoms with van der Waals surface area (Å²) in [5.74, 6) is 0. The lowest BCUT2D eigenvalue weighted by Crippen LogP contribution is -2.60. The van der Waals surface area contributed by atoms with Crippen molar-refractivity contribution < 1.29 is 14.1 Å². The maximum Gasteiger partial charge on any atom is 0.410 e. The summed E-state index contributed by atoms with van der Waals surface area (Å²) in [6, 6.07) is 9.96. The van der Waals surface area contributed by atoms with E-state index < -0.39 is 11.4 Å². The van der Waals surface area contributed by atoms with E-state index in [9.17, 15) is 9.35 Å². The fourth-order valence-corrected chi connectivity index (χ4v) is 5.08. The predicted molar refractivity (Wildman–Crippen MR) is 90.1 cm³/mol. The molecule has 0 heterocycles. The quantitative estimate of drug-likeness (QED) is 0.839. The Kier molecular flexibility index (Phi) is 4.85. The van der Waals surface area contributed by atoms with Gasteiger partial charge in [0.1, 0.15) is 11.9 Å². The van der Waals surface area contributed by atoms with Crippen LogP contribution in [-0.4, -0.2) is 40.9 Å². The number of carbonyl (C=O) groups is 1. The number of hydrogen-bond donors (Lipinski definition) is 1. The zero-order chi connectivity index (χ0) is 16.4. The zero-order valence-electron chi connectivity index (χ0n) is 13.7. The second-order valence-electron chi connectivity index (χ2n) is 6.74. The molecule has 2 aliphatic carbocycles. The molecule has 3 rings (SSSR count). The molecule has 1 amide bonds. The maximum atomic E-state index is 12.1. The van der Waals surface area contributed by atoms with E-state index in [1.54, 1.807) is 11.9 Å². The van der Waals surface area contributed by atoms with Gasteiger partial charge in [0.2, 0.25) is 0 Å². The van der Waals surface area contributed by atoms with Gasteiger partial charge in [-0.2, -0.15) is 0 Å². The van der Waals surface area contributed by atoms with Gasteiger partial charge in [-0.05, 0) is 23.8 Å². The first kappa shape index (κ1) is 16.6. The van der Waals surface area contributed by atoms with Crippen molar-refractivity contribution in [1.29, 1.82) is 0 Å². The monoisotopic (exact) mass is 336 g/mol. The molecular weight excluding hydrogens is 312 g/mol. The number of nitrogens with zero attached hydrogens (tertiary/aromatic N) is 1. The number of ether oxygens (including phenoxy) is 1. The van der Waals surface area contributed by atoms with E-state index in [0.717, 1.165) is 31.2 Å². The molecule has 2 fully saturated rings. The molecular formula is C17H24N2O3S.